The van der Waals surface area contributed by atoms with E-state index in [0.29, 0.717) is 0 Å². The number of hydrogen-bond donors (Lipinski definition) is 1. The Hall–Kier alpha value is -1.46. The average Bonchev–Trinajstić information content (AvgIpc) is 2.01. The molecule has 14 heavy (non-hydrogen) atoms. The highest BCUT2D eigenvalue weighted by Gasteiger charge is 2.38. The van der Waals surface area contributed by atoms with Crippen molar-refractivity contribution in [3.63, 3.8) is 0 Å². The zero-order valence-electron chi connectivity index (χ0n) is 7.81. The smallest absolute Gasteiger partial charge is 0.396 e. The van der Waals surface area contributed by atoms with Gasteiger partial charge in [-0.05, 0) is 6.07 Å². The number of rotatable bonds is 1. The Balaban J connectivity index is 3.30. The number of nitrogens with zero attached hydrogens (tertiary/aromatic N) is 1. The fraction of sp³-hybridized carbons (Fsp3) is 0.375. The Morgan fingerprint density at radius 2 is 1.93 bits per heavy atom. The maximum Gasteiger partial charge on any atom is 0.424 e. The van der Waals surface area contributed by atoms with Crippen LogP contribution in [0.25, 0.3) is 0 Å². The first-order valence-corrected chi connectivity index (χ1v) is 3.88. The average molecular weight is 206 g/mol. The third-order valence-electron chi connectivity index (χ3n) is 1.69. The highest BCUT2D eigenvalue weighted by atomic mass is 19.4. The van der Waals surface area contributed by atoms with Crippen LogP contribution in [-0.4, -0.2) is 14.1 Å². The van der Waals surface area contributed by atoms with Crippen LogP contribution in [0.2, 0.25) is 0 Å². The fourth-order valence-corrected chi connectivity index (χ4v) is 1.09. The Morgan fingerprint density at radius 3 is 2.36 bits per heavy atom. The van der Waals surface area contributed by atoms with Crippen molar-refractivity contribution < 1.29 is 18.2 Å². The van der Waals surface area contributed by atoms with E-state index in [0.717, 1.165) is 6.07 Å². The molecule has 0 radical (unpaired) electrons. The summed E-state index contributed by atoms with van der Waals surface area (Å²) >= 11 is 0. The zero-order valence-corrected chi connectivity index (χ0v) is 7.81. The molecule has 0 saturated heterocycles. The van der Waals surface area contributed by atoms with E-state index in [1.54, 1.807) is 0 Å². The monoisotopic (exact) mass is 206 g/mol. The Kier molecular flexibility index (Phi) is 2.55. The molecule has 1 aromatic rings. The van der Waals surface area contributed by atoms with Crippen molar-refractivity contribution in [2.45, 2.75) is 6.18 Å². The van der Waals surface area contributed by atoms with Crippen molar-refractivity contribution in [1.29, 1.82) is 0 Å². The highest BCUT2D eigenvalue weighted by molar-refractivity contribution is 5.49. The van der Waals surface area contributed by atoms with E-state index in [1.807, 2.05) is 0 Å². The van der Waals surface area contributed by atoms with Crippen LogP contribution < -0.4 is 15.6 Å². The van der Waals surface area contributed by atoms with Gasteiger partial charge in [0, 0.05) is 0 Å². The number of aromatic amines is 1. The molecule has 0 unspecified atom stereocenters. The van der Waals surface area contributed by atoms with E-state index in [4.69, 9.17) is 5.73 Å². The molecular weight excluding hydrogens is 195 g/mol. The summed E-state index contributed by atoms with van der Waals surface area (Å²) in [5, 5.41) is 0. The number of hydrogen-bond acceptors (Lipinski definition) is 2. The van der Waals surface area contributed by atoms with Gasteiger partial charge in [-0.25, -0.2) is 4.98 Å². The molecule has 0 aliphatic rings. The molecule has 0 fully saturated rings. The topological polar surface area (TPSA) is 43.4 Å². The van der Waals surface area contributed by atoms with Crippen molar-refractivity contribution in [2.75, 3.05) is 24.7 Å². The predicted octanol–water partition coefficient (Wildman–Crippen LogP) is 1.17. The molecule has 78 valence electrons. The molecule has 0 spiro atoms. The van der Waals surface area contributed by atoms with Gasteiger partial charge in [0.2, 0.25) is 0 Å². The van der Waals surface area contributed by atoms with E-state index in [1.165, 1.54) is 25.2 Å². The molecule has 6 heteroatoms. The molecular formula is C8H11F3N3+. The number of nitrogens with two attached hydrogens (primary N) is 1. The van der Waals surface area contributed by atoms with Crippen LogP contribution in [-0.2, 0) is 6.18 Å². The van der Waals surface area contributed by atoms with Gasteiger partial charge in [-0.3, -0.25) is 4.90 Å². The molecule has 0 bridgehead atoms. The molecule has 0 aliphatic heterocycles. The minimum Gasteiger partial charge on any atom is -0.396 e. The number of nitrogen functional groups attached to an aromatic ring is 1. The van der Waals surface area contributed by atoms with Crippen LogP contribution in [0, 0.1) is 0 Å². The number of anilines is 2. The number of alkyl halides is 3. The molecule has 0 aliphatic carbocycles. The van der Waals surface area contributed by atoms with Crippen LogP contribution in [0.5, 0.6) is 0 Å². The van der Waals surface area contributed by atoms with Crippen LogP contribution in [0.1, 0.15) is 5.56 Å². The summed E-state index contributed by atoms with van der Waals surface area (Å²) in [6, 6.07) is 0.909. The van der Waals surface area contributed by atoms with E-state index >= 15 is 0 Å². The van der Waals surface area contributed by atoms with E-state index < -0.39 is 11.7 Å². The lowest BCUT2D eigenvalue weighted by Gasteiger charge is -2.12. The standard InChI is InChI=1S/C8H10F3N3/c1-14(2)7-6(8(9,10)11)3-5(12)4-13-7/h3-4H,12H2,1-2H3/p+1. The second-order valence-corrected chi connectivity index (χ2v) is 3.09. The lowest BCUT2D eigenvalue weighted by Crippen LogP contribution is -2.26. The van der Waals surface area contributed by atoms with Gasteiger partial charge >= 0.3 is 6.18 Å². The molecule has 1 rings (SSSR count). The first-order valence-electron chi connectivity index (χ1n) is 3.88. The van der Waals surface area contributed by atoms with Gasteiger partial charge in [0.1, 0.15) is 11.8 Å². The number of pyridine rings is 1. The van der Waals surface area contributed by atoms with Crippen molar-refractivity contribution in [2.24, 2.45) is 0 Å². The number of halogens is 3. The summed E-state index contributed by atoms with van der Waals surface area (Å²) in [6.07, 6.45) is -3.07. The summed E-state index contributed by atoms with van der Waals surface area (Å²) in [7, 11) is 3.05. The van der Waals surface area contributed by atoms with Gasteiger partial charge < -0.3 is 5.73 Å². The Labute approximate surface area is 79.3 Å². The van der Waals surface area contributed by atoms with Gasteiger partial charge in [-0.2, -0.15) is 13.2 Å². The van der Waals surface area contributed by atoms with Gasteiger partial charge in [0.05, 0.1) is 19.8 Å². The second-order valence-electron chi connectivity index (χ2n) is 3.09. The number of nitrogens with one attached hydrogen (secondary N) is 1. The van der Waals surface area contributed by atoms with Crippen LogP contribution in [0.3, 0.4) is 0 Å². The van der Waals surface area contributed by atoms with E-state index in [2.05, 4.69) is 4.98 Å². The summed E-state index contributed by atoms with van der Waals surface area (Å²) in [5.41, 5.74) is 4.57. The number of H-pyrrole nitrogens is 1. The second kappa shape index (κ2) is 3.36. The maximum atomic E-state index is 12.5. The third-order valence-corrected chi connectivity index (χ3v) is 1.69. The van der Waals surface area contributed by atoms with Crippen molar-refractivity contribution in [1.82, 2.24) is 0 Å². The van der Waals surface area contributed by atoms with Crippen molar-refractivity contribution in [3.05, 3.63) is 17.8 Å². The van der Waals surface area contributed by atoms with E-state index in [-0.39, 0.29) is 11.5 Å². The first kappa shape index (κ1) is 10.6. The molecule has 1 aromatic heterocycles. The lowest BCUT2D eigenvalue weighted by atomic mass is 10.2. The molecule has 0 atom stereocenters. The third kappa shape index (κ3) is 2.07. The molecule has 3 nitrogen and oxygen atoms in total. The summed E-state index contributed by atoms with van der Waals surface area (Å²) in [6.45, 7) is 0. The Morgan fingerprint density at radius 1 is 1.36 bits per heavy atom. The van der Waals surface area contributed by atoms with Gasteiger partial charge in [-0.1, -0.05) is 0 Å². The highest BCUT2D eigenvalue weighted by Crippen LogP contribution is 2.34. The lowest BCUT2D eigenvalue weighted by molar-refractivity contribution is -0.365. The van der Waals surface area contributed by atoms with Crippen LogP contribution >= 0.6 is 0 Å². The number of aromatic nitrogens is 1. The van der Waals surface area contributed by atoms with Gasteiger partial charge in [0.25, 0.3) is 5.82 Å². The predicted molar refractivity (Wildman–Crippen MR) is 46.7 cm³/mol. The molecule has 0 aromatic carbocycles. The molecule has 3 N–H and O–H groups in total. The van der Waals surface area contributed by atoms with Gasteiger partial charge in [0.15, 0.2) is 0 Å². The molecule has 0 saturated carbocycles. The van der Waals surface area contributed by atoms with Crippen LogP contribution in [0.15, 0.2) is 12.3 Å². The Bertz CT molecular complexity index is 333. The van der Waals surface area contributed by atoms with Crippen molar-refractivity contribution in [3.8, 4) is 0 Å². The minimum absolute atomic E-state index is 0.00769. The normalized spacial score (nSPS) is 11.5. The fourth-order valence-electron chi connectivity index (χ4n) is 1.09. The summed E-state index contributed by atoms with van der Waals surface area (Å²) in [4.78, 5) is 3.84. The largest absolute Gasteiger partial charge is 0.424 e. The SMILES string of the molecule is CN(C)c1[nH+]cc(N)cc1C(F)(F)F. The molecule has 0 amide bonds. The van der Waals surface area contributed by atoms with E-state index in [9.17, 15) is 13.2 Å². The quantitative estimate of drug-likeness (QED) is 0.749. The minimum atomic E-state index is -4.40. The van der Waals surface area contributed by atoms with Gasteiger partial charge in [-0.15, -0.1) is 0 Å². The van der Waals surface area contributed by atoms with Crippen molar-refractivity contribution >= 4 is 11.5 Å². The maximum absolute atomic E-state index is 12.5. The summed E-state index contributed by atoms with van der Waals surface area (Å²) < 4.78 is 37.5. The summed E-state index contributed by atoms with van der Waals surface area (Å²) in [5.74, 6) is -0.00769. The first-order chi connectivity index (χ1) is 6.32. The zero-order chi connectivity index (χ0) is 10.9. The van der Waals surface area contributed by atoms with Crippen LogP contribution in [0.4, 0.5) is 24.7 Å². The molecule has 1 heterocycles.